The molecule has 1 atom stereocenters. The number of nitrogens with zero attached hydrogens (tertiary/aromatic N) is 2. The topological polar surface area (TPSA) is 43.8 Å². The first-order valence-electron chi connectivity index (χ1n) is 6.54. The second kappa shape index (κ2) is 6.50. The molecule has 0 radical (unpaired) electrons. The molecule has 19 heavy (non-hydrogen) atoms. The van der Waals surface area contributed by atoms with Gasteiger partial charge in [0.2, 0.25) is 0 Å². The van der Waals surface area contributed by atoms with Crippen molar-refractivity contribution in [2.75, 3.05) is 33.2 Å². The van der Waals surface area contributed by atoms with Crippen LogP contribution in [-0.2, 0) is 4.79 Å². The minimum Gasteiger partial charge on any atom is -0.478 e. The fourth-order valence-corrected chi connectivity index (χ4v) is 2.46. The van der Waals surface area contributed by atoms with Gasteiger partial charge in [0.15, 0.2) is 0 Å². The van der Waals surface area contributed by atoms with Crippen LogP contribution in [0, 0.1) is 0 Å². The van der Waals surface area contributed by atoms with Crippen LogP contribution >= 0.6 is 0 Å². The molecule has 4 heteroatoms. The van der Waals surface area contributed by atoms with Gasteiger partial charge in [0.1, 0.15) is 0 Å². The summed E-state index contributed by atoms with van der Waals surface area (Å²) in [5.74, 6) is -0.884. The molecule has 1 aliphatic rings. The van der Waals surface area contributed by atoms with Crippen molar-refractivity contribution in [3.8, 4) is 0 Å². The van der Waals surface area contributed by atoms with Crippen LogP contribution in [0.25, 0.3) is 0 Å². The van der Waals surface area contributed by atoms with E-state index in [-0.39, 0.29) is 0 Å². The monoisotopic (exact) mass is 260 g/mol. The van der Waals surface area contributed by atoms with Gasteiger partial charge in [0.25, 0.3) is 0 Å². The van der Waals surface area contributed by atoms with Crippen molar-refractivity contribution >= 4 is 5.97 Å². The van der Waals surface area contributed by atoms with Crippen molar-refractivity contribution in [1.82, 2.24) is 9.80 Å². The highest BCUT2D eigenvalue weighted by Crippen LogP contribution is 2.24. The number of piperazine rings is 1. The van der Waals surface area contributed by atoms with E-state index in [1.54, 1.807) is 6.08 Å². The van der Waals surface area contributed by atoms with Crippen LogP contribution in [0.5, 0.6) is 0 Å². The normalized spacial score (nSPS) is 21.8. The Balaban J connectivity index is 2.09. The predicted octanol–water partition coefficient (Wildman–Crippen LogP) is 1.62. The lowest BCUT2D eigenvalue weighted by Crippen LogP contribution is -2.46. The van der Waals surface area contributed by atoms with Gasteiger partial charge in [-0.1, -0.05) is 36.4 Å². The van der Waals surface area contributed by atoms with E-state index >= 15 is 0 Å². The van der Waals surface area contributed by atoms with Crippen LogP contribution in [0.15, 0.2) is 42.5 Å². The molecular weight excluding hydrogens is 240 g/mol. The number of carboxylic acids is 1. The zero-order chi connectivity index (χ0) is 13.7. The summed E-state index contributed by atoms with van der Waals surface area (Å²) in [6.45, 7) is 3.63. The molecule has 1 heterocycles. The molecule has 1 aliphatic heterocycles. The summed E-state index contributed by atoms with van der Waals surface area (Å²) in [6.07, 6.45) is 2.95. The molecule has 0 amide bonds. The van der Waals surface area contributed by atoms with Crippen molar-refractivity contribution < 1.29 is 9.90 Å². The lowest BCUT2D eigenvalue weighted by Gasteiger charge is -2.39. The lowest BCUT2D eigenvalue weighted by atomic mass is 10.0. The van der Waals surface area contributed by atoms with Gasteiger partial charge in [-0.2, -0.15) is 0 Å². The van der Waals surface area contributed by atoms with E-state index in [0.29, 0.717) is 12.6 Å². The maximum atomic E-state index is 10.5. The van der Waals surface area contributed by atoms with Crippen molar-refractivity contribution in [2.24, 2.45) is 0 Å². The summed E-state index contributed by atoms with van der Waals surface area (Å²) >= 11 is 0. The molecule has 0 spiro atoms. The van der Waals surface area contributed by atoms with Crippen LogP contribution in [0.4, 0.5) is 0 Å². The quantitative estimate of drug-likeness (QED) is 0.835. The molecule has 4 nitrogen and oxygen atoms in total. The van der Waals surface area contributed by atoms with E-state index < -0.39 is 5.97 Å². The molecule has 0 aliphatic carbocycles. The minimum atomic E-state index is -0.884. The summed E-state index contributed by atoms with van der Waals surface area (Å²) in [7, 11) is 2.13. The fraction of sp³-hybridized carbons (Fsp3) is 0.400. The fourth-order valence-electron chi connectivity index (χ4n) is 2.46. The van der Waals surface area contributed by atoms with Gasteiger partial charge in [-0.25, -0.2) is 4.79 Å². The van der Waals surface area contributed by atoms with Gasteiger partial charge >= 0.3 is 5.97 Å². The average molecular weight is 260 g/mol. The van der Waals surface area contributed by atoms with Crippen molar-refractivity contribution in [3.05, 3.63) is 48.0 Å². The molecule has 2 rings (SSSR count). The first kappa shape index (κ1) is 13.8. The Morgan fingerprint density at radius 1 is 1.37 bits per heavy atom. The van der Waals surface area contributed by atoms with E-state index in [2.05, 4.69) is 41.1 Å². The minimum absolute atomic E-state index is 0.332. The second-order valence-corrected chi connectivity index (χ2v) is 4.92. The largest absolute Gasteiger partial charge is 0.478 e. The molecule has 0 saturated carbocycles. The summed E-state index contributed by atoms with van der Waals surface area (Å²) < 4.78 is 0. The molecule has 1 N–H and O–H groups in total. The van der Waals surface area contributed by atoms with Gasteiger partial charge in [0.05, 0.1) is 0 Å². The average Bonchev–Trinajstić information content (AvgIpc) is 2.41. The van der Waals surface area contributed by atoms with Crippen molar-refractivity contribution in [1.29, 1.82) is 0 Å². The first-order valence-corrected chi connectivity index (χ1v) is 6.54. The number of carboxylic acid groups (broad SMARTS) is 1. The molecular formula is C15H20N2O2. The van der Waals surface area contributed by atoms with Crippen LogP contribution in [0.1, 0.15) is 11.6 Å². The summed E-state index contributed by atoms with van der Waals surface area (Å²) in [5, 5.41) is 8.65. The van der Waals surface area contributed by atoms with E-state index in [0.717, 1.165) is 19.6 Å². The van der Waals surface area contributed by atoms with E-state index in [4.69, 9.17) is 5.11 Å². The number of carbonyl (C=O) groups is 1. The number of hydrogen-bond donors (Lipinski definition) is 1. The number of aliphatic carboxylic acids is 1. The van der Waals surface area contributed by atoms with Gasteiger partial charge in [-0.15, -0.1) is 0 Å². The van der Waals surface area contributed by atoms with E-state index in [9.17, 15) is 4.79 Å². The maximum absolute atomic E-state index is 10.5. The Kier molecular flexibility index (Phi) is 4.71. The third-order valence-electron chi connectivity index (χ3n) is 3.48. The maximum Gasteiger partial charge on any atom is 0.328 e. The van der Waals surface area contributed by atoms with E-state index in [1.807, 2.05) is 6.07 Å². The Morgan fingerprint density at radius 2 is 2.11 bits per heavy atom. The highest BCUT2D eigenvalue weighted by molar-refractivity contribution is 5.79. The van der Waals surface area contributed by atoms with Gasteiger partial charge in [-0.05, 0) is 12.6 Å². The zero-order valence-electron chi connectivity index (χ0n) is 11.2. The smallest absolute Gasteiger partial charge is 0.328 e. The van der Waals surface area contributed by atoms with Crippen molar-refractivity contribution in [3.63, 3.8) is 0 Å². The van der Waals surface area contributed by atoms with Crippen LogP contribution in [-0.4, -0.2) is 54.1 Å². The summed E-state index contributed by atoms with van der Waals surface area (Å²) in [4.78, 5) is 15.2. The van der Waals surface area contributed by atoms with E-state index in [1.165, 1.54) is 11.6 Å². The molecule has 1 fully saturated rings. The number of benzene rings is 1. The number of hydrogen-bond acceptors (Lipinski definition) is 3. The zero-order valence-corrected chi connectivity index (χ0v) is 11.2. The predicted molar refractivity (Wildman–Crippen MR) is 75.0 cm³/mol. The highest BCUT2D eigenvalue weighted by Gasteiger charge is 2.25. The third kappa shape index (κ3) is 3.91. The molecule has 1 aromatic rings. The molecule has 0 bridgehead atoms. The Hall–Kier alpha value is -1.65. The highest BCUT2D eigenvalue weighted by atomic mass is 16.4. The molecule has 102 valence electrons. The molecule has 1 unspecified atom stereocenters. The standard InChI is InChI=1S/C15H20N2O2/c1-16-10-11-17(9-5-8-15(18)19)14(12-16)13-6-3-2-4-7-13/h2-8,14H,9-12H2,1H3,(H,18,19). The van der Waals surface area contributed by atoms with Gasteiger partial charge < -0.3 is 10.0 Å². The molecule has 1 saturated heterocycles. The van der Waals surface area contributed by atoms with Gasteiger partial charge in [-0.3, -0.25) is 4.90 Å². The van der Waals surface area contributed by atoms with Gasteiger partial charge in [0, 0.05) is 38.3 Å². The van der Waals surface area contributed by atoms with Crippen LogP contribution in [0.2, 0.25) is 0 Å². The summed E-state index contributed by atoms with van der Waals surface area (Å²) in [5.41, 5.74) is 1.29. The third-order valence-corrected chi connectivity index (χ3v) is 3.48. The van der Waals surface area contributed by atoms with Crippen LogP contribution in [0.3, 0.4) is 0 Å². The SMILES string of the molecule is CN1CCN(CC=CC(=O)O)C(c2ccccc2)C1. The molecule has 1 aromatic carbocycles. The Bertz CT molecular complexity index is 445. The number of likely N-dealkylation sites (N-methyl/N-ethyl adjacent to an activating group) is 1. The molecule has 0 aromatic heterocycles. The van der Waals surface area contributed by atoms with Crippen molar-refractivity contribution in [2.45, 2.75) is 6.04 Å². The first-order chi connectivity index (χ1) is 9.16. The number of rotatable bonds is 4. The summed E-state index contributed by atoms with van der Waals surface area (Å²) in [6, 6.07) is 10.7. The second-order valence-electron chi connectivity index (χ2n) is 4.92. The van der Waals surface area contributed by atoms with Crippen LogP contribution < -0.4 is 0 Å². The lowest BCUT2D eigenvalue weighted by molar-refractivity contribution is -0.131. The Labute approximate surface area is 113 Å². The Morgan fingerprint density at radius 3 is 2.79 bits per heavy atom.